The van der Waals surface area contributed by atoms with Gasteiger partial charge in [-0.3, -0.25) is 9.10 Å². The number of hydrogen-bond donors (Lipinski definition) is 1. The topological polar surface area (TPSA) is 75.7 Å². The summed E-state index contributed by atoms with van der Waals surface area (Å²) in [7, 11) is -3.52. The smallest absolute Gasteiger partial charge is 0.251 e. The van der Waals surface area contributed by atoms with Crippen LogP contribution in [0, 0.1) is 6.92 Å². The molecule has 0 aliphatic rings. The molecule has 0 unspecified atom stereocenters. The summed E-state index contributed by atoms with van der Waals surface area (Å²) in [5.41, 5.74) is 2.82. The van der Waals surface area contributed by atoms with E-state index >= 15 is 0 Å². The molecule has 8 heteroatoms. The zero-order valence-electron chi connectivity index (χ0n) is 17.9. The molecule has 0 radical (unpaired) electrons. The number of hydrogen-bond acceptors (Lipinski definition) is 4. The van der Waals surface area contributed by atoms with Gasteiger partial charge in [-0.15, -0.1) is 0 Å². The molecule has 0 saturated carbocycles. The Hall–Kier alpha value is -3.03. The van der Waals surface area contributed by atoms with Crippen LogP contribution in [0.5, 0.6) is 5.75 Å². The predicted molar refractivity (Wildman–Crippen MR) is 128 cm³/mol. The van der Waals surface area contributed by atoms with E-state index in [-0.39, 0.29) is 12.5 Å². The highest BCUT2D eigenvalue weighted by Crippen LogP contribution is 2.24. The Morgan fingerprint density at radius 1 is 1.03 bits per heavy atom. The number of aryl methyl sites for hydroxylation is 1. The van der Waals surface area contributed by atoms with Crippen molar-refractivity contribution in [1.29, 1.82) is 0 Å². The Bertz CT molecular complexity index is 1180. The normalized spacial score (nSPS) is 11.1. The van der Waals surface area contributed by atoms with Crippen LogP contribution in [-0.2, 0) is 16.6 Å². The maximum atomic E-state index is 12.4. The molecule has 0 saturated heterocycles. The number of halogens is 1. The van der Waals surface area contributed by atoms with Crippen molar-refractivity contribution in [1.82, 2.24) is 5.32 Å². The van der Waals surface area contributed by atoms with Crippen molar-refractivity contribution in [3.05, 3.63) is 94.5 Å². The lowest BCUT2D eigenvalue weighted by Gasteiger charge is -2.22. The third kappa shape index (κ3) is 6.73. The van der Waals surface area contributed by atoms with Crippen molar-refractivity contribution in [3.63, 3.8) is 0 Å². The number of amides is 1. The minimum absolute atomic E-state index is 0.130. The highest BCUT2D eigenvalue weighted by atomic mass is 35.5. The van der Waals surface area contributed by atoms with Gasteiger partial charge in [0.1, 0.15) is 12.4 Å². The summed E-state index contributed by atoms with van der Waals surface area (Å²) in [6, 6.07) is 21.2. The molecule has 0 heterocycles. The molecule has 0 aliphatic carbocycles. The molecule has 0 atom stereocenters. The molecule has 3 rings (SSSR count). The predicted octanol–water partition coefficient (Wildman–Crippen LogP) is 4.42. The van der Waals surface area contributed by atoms with E-state index in [9.17, 15) is 13.2 Å². The third-order valence-corrected chi connectivity index (χ3v) is 6.06. The monoisotopic (exact) mass is 472 g/mol. The van der Waals surface area contributed by atoms with E-state index in [0.717, 1.165) is 23.1 Å². The molecule has 32 heavy (non-hydrogen) atoms. The van der Waals surface area contributed by atoms with E-state index < -0.39 is 10.0 Å². The highest BCUT2D eigenvalue weighted by Gasteiger charge is 2.18. The summed E-state index contributed by atoms with van der Waals surface area (Å²) in [6.07, 6.45) is 1.15. The lowest BCUT2D eigenvalue weighted by atomic mass is 10.1. The number of carbonyl (C=O) groups excluding carboxylic acids is 1. The second-order valence-corrected chi connectivity index (χ2v) is 9.71. The maximum absolute atomic E-state index is 12.4. The van der Waals surface area contributed by atoms with Crippen LogP contribution in [0.1, 0.15) is 21.5 Å². The summed E-state index contributed by atoms with van der Waals surface area (Å²) in [6.45, 7) is 2.84. The Morgan fingerprint density at radius 2 is 1.75 bits per heavy atom. The SMILES string of the molecule is Cc1cccc(OCCNC(=O)c2ccc(CN(c3cccc(Cl)c3)S(C)(=O)=O)cc2)c1. The average Bonchev–Trinajstić information content (AvgIpc) is 2.74. The van der Waals surface area contributed by atoms with Gasteiger partial charge in [0.15, 0.2) is 0 Å². The largest absolute Gasteiger partial charge is 0.492 e. The quantitative estimate of drug-likeness (QED) is 0.467. The lowest BCUT2D eigenvalue weighted by molar-refractivity contribution is 0.0947. The van der Waals surface area contributed by atoms with Gasteiger partial charge in [-0.1, -0.05) is 41.9 Å². The zero-order valence-corrected chi connectivity index (χ0v) is 19.5. The summed E-state index contributed by atoms with van der Waals surface area (Å²) in [5, 5.41) is 3.27. The fourth-order valence-electron chi connectivity index (χ4n) is 3.10. The molecule has 0 spiro atoms. The van der Waals surface area contributed by atoms with Gasteiger partial charge in [0.25, 0.3) is 5.91 Å². The van der Waals surface area contributed by atoms with Crippen LogP contribution in [0.2, 0.25) is 5.02 Å². The molecular formula is C24H25ClN2O4S. The summed E-state index contributed by atoms with van der Waals surface area (Å²) in [4.78, 5) is 12.4. The van der Waals surface area contributed by atoms with E-state index in [1.165, 1.54) is 4.31 Å². The standard InChI is InChI=1S/C24H25ClN2O4S/c1-18-5-3-8-23(15-18)31-14-13-26-24(28)20-11-9-19(10-12-20)17-27(32(2,29)30)22-7-4-6-21(25)16-22/h3-12,15-16H,13-14,17H2,1-2H3,(H,26,28). The number of anilines is 1. The van der Waals surface area contributed by atoms with Crippen molar-refractivity contribution < 1.29 is 17.9 Å². The van der Waals surface area contributed by atoms with Gasteiger partial charge in [0.2, 0.25) is 10.0 Å². The van der Waals surface area contributed by atoms with Gasteiger partial charge in [-0.25, -0.2) is 8.42 Å². The van der Waals surface area contributed by atoms with Crippen LogP contribution >= 0.6 is 11.6 Å². The first-order valence-electron chi connectivity index (χ1n) is 10.0. The number of carbonyl (C=O) groups is 1. The van der Waals surface area contributed by atoms with Crippen molar-refractivity contribution in [2.75, 3.05) is 23.7 Å². The molecule has 3 aromatic carbocycles. The number of benzene rings is 3. The van der Waals surface area contributed by atoms with Crippen LogP contribution in [0.25, 0.3) is 0 Å². The van der Waals surface area contributed by atoms with Crippen LogP contribution in [-0.4, -0.2) is 33.7 Å². The fourth-order valence-corrected chi connectivity index (χ4v) is 4.16. The molecular weight excluding hydrogens is 448 g/mol. The van der Waals surface area contributed by atoms with Gasteiger partial charge in [-0.05, 0) is 60.5 Å². The average molecular weight is 473 g/mol. The van der Waals surface area contributed by atoms with Crippen LogP contribution in [0.4, 0.5) is 5.69 Å². The molecule has 3 aromatic rings. The van der Waals surface area contributed by atoms with Crippen LogP contribution < -0.4 is 14.4 Å². The number of nitrogens with one attached hydrogen (secondary N) is 1. The molecule has 1 N–H and O–H groups in total. The first kappa shape index (κ1) is 23.6. The Balaban J connectivity index is 1.58. The molecule has 168 valence electrons. The van der Waals surface area contributed by atoms with E-state index in [0.29, 0.717) is 29.4 Å². The van der Waals surface area contributed by atoms with E-state index in [1.807, 2.05) is 31.2 Å². The zero-order chi connectivity index (χ0) is 23.1. The van der Waals surface area contributed by atoms with Crippen LogP contribution in [0.15, 0.2) is 72.8 Å². The van der Waals surface area contributed by atoms with Gasteiger partial charge < -0.3 is 10.1 Å². The Labute approximate surface area is 193 Å². The van der Waals surface area contributed by atoms with Crippen molar-refractivity contribution in [3.8, 4) is 5.75 Å². The number of rotatable bonds is 9. The van der Waals surface area contributed by atoms with Gasteiger partial charge in [0, 0.05) is 10.6 Å². The molecule has 0 aliphatic heterocycles. The summed E-state index contributed by atoms with van der Waals surface area (Å²) < 4.78 is 31.5. The number of nitrogens with zero attached hydrogens (tertiary/aromatic N) is 1. The molecule has 0 bridgehead atoms. The number of ether oxygens (including phenoxy) is 1. The Kier molecular flexibility index (Phi) is 7.77. The highest BCUT2D eigenvalue weighted by molar-refractivity contribution is 7.92. The van der Waals surface area contributed by atoms with E-state index in [2.05, 4.69) is 5.32 Å². The number of sulfonamides is 1. The maximum Gasteiger partial charge on any atom is 0.251 e. The van der Waals surface area contributed by atoms with Crippen LogP contribution in [0.3, 0.4) is 0 Å². The van der Waals surface area contributed by atoms with E-state index in [1.54, 1.807) is 48.5 Å². The minimum Gasteiger partial charge on any atom is -0.492 e. The Morgan fingerprint density at radius 3 is 2.41 bits per heavy atom. The lowest BCUT2D eigenvalue weighted by Crippen LogP contribution is -2.29. The van der Waals surface area contributed by atoms with Gasteiger partial charge >= 0.3 is 0 Å². The van der Waals surface area contributed by atoms with Crippen molar-refractivity contribution in [2.24, 2.45) is 0 Å². The molecule has 6 nitrogen and oxygen atoms in total. The fraction of sp³-hybridized carbons (Fsp3) is 0.208. The van der Waals surface area contributed by atoms with Crippen molar-refractivity contribution >= 4 is 33.2 Å². The first-order valence-corrected chi connectivity index (χ1v) is 12.2. The molecule has 0 fully saturated rings. The third-order valence-electron chi connectivity index (χ3n) is 4.68. The summed E-state index contributed by atoms with van der Waals surface area (Å²) in [5.74, 6) is 0.540. The molecule has 0 aromatic heterocycles. The second-order valence-electron chi connectivity index (χ2n) is 7.37. The summed E-state index contributed by atoms with van der Waals surface area (Å²) >= 11 is 6.02. The molecule has 1 amide bonds. The second kappa shape index (κ2) is 10.5. The van der Waals surface area contributed by atoms with E-state index in [4.69, 9.17) is 16.3 Å². The minimum atomic E-state index is -3.52. The first-order chi connectivity index (χ1) is 15.2. The van der Waals surface area contributed by atoms with Crippen molar-refractivity contribution in [2.45, 2.75) is 13.5 Å². The van der Waals surface area contributed by atoms with Gasteiger partial charge in [0.05, 0.1) is 25.0 Å². The van der Waals surface area contributed by atoms with Gasteiger partial charge in [-0.2, -0.15) is 0 Å².